The number of alkyl carbamates (subject to hydrolysis) is 1. The van der Waals surface area contributed by atoms with Crippen molar-refractivity contribution in [3.63, 3.8) is 0 Å². The maximum absolute atomic E-state index is 11.7. The SMILES string of the molecule is CC(C)CNCCOCC1(NC(=O)OC(C)(C)C)CC1. The maximum Gasteiger partial charge on any atom is 0.408 e. The molecule has 0 spiro atoms. The molecule has 0 atom stereocenters. The van der Waals surface area contributed by atoms with Crippen molar-refractivity contribution in [2.45, 2.75) is 58.6 Å². The lowest BCUT2D eigenvalue weighted by Gasteiger charge is -2.23. The Morgan fingerprint density at radius 1 is 1.30 bits per heavy atom. The molecule has 1 rings (SSSR count). The Bertz CT molecular complexity index is 307. The topological polar surface area (TPSA) is 59.6 Å². The summed E-state index contributed by atoms with van der Waals surface area (Å²) >= 11 is 0. The van der Waals surface area contributed by atoms with Crippen molar-refractivity contribution in [2.24, 2.45) is 5.92 Å². The molecule has 1 aliphatic rings. The zero-order valence-corrected chi connectivity index (χ0v) is 13.5. The van der Waals surface area contributed by atoms with Crippen molar-refractivity contribution < 1.29 is 14.3 Å². The van der Waals surface area contributed by atoms with E-state index in [-0.39, 0.29) is 11.6 Å². The average Bonchev–Trinajstić information content (AvgIpc) is 3.00. The summed E-state index contributed by atoms with van der Waals surface area (Å²) in [6.07, 6.45) is 1.58. The van der Waals surface area contributed by atoms with Crippen LogP contribution in [0.2, 0.25) is 0 Å². The average molecular weight is 286 g/mol. The molecule has 2 N–H and O–H groups in total. The number of ether oxygens (including phenoxy) is 2. The predicted molar refractivity (Wildman–Crippen MR) is 79.9 cm³/mol. The smallest absolute Gasteiger partial charge is 0.408 e. The minimum atomic E-state index is -0.457. The van der Waals surface area contributed by atoms with E-state index in [0.717, 1.165) is 25.9 Å². The zero-order valence-electron chi connectivity index (χ0n) is 13.5. The number of carbonyl (C=O) groups excluding carboxylic acids is 1. The van der Waals surface area contributed by atoms with Gasteiger partial charge in [0.05, 0.1) is 18.8 Å². The molecule has 5 nitrogen and oxygen atoms in total. The van der Waals surface area contributed by atoms with Gasteiger partial charge in [0, 0.05) is 6.54 Å². The van der Waals surface area contributed by atoms with Crippen LogP contribution in [0.3, 0.4) is 0 Å². The molecule has 5 heteroatoms. The molecule has 0 aromatic rings. The molecule has 0 bridgehead atoms. The van der Waals surface area contributed by atoms with Crippen LogP contribution < -0.4 is 10.6 Å². The summed E-state index contributed by atoms with van der Waals surface area (Å²) in [6, 6.07) is 0. The molecule has 0 aromatic carbocycles. The lowest BCUT2D eigenvalue weighted by atomic mass is 10.2. The Morgan fingerprint density at radius 3 is 2.45 bits per heavy atom. The molecule has 20 heavy (non-hydrogen) atoms. The third kappa shape index (κ3) is 7.70. The molecule has 0 aromatic heterocycles. The Balaban J connectivity index is 2.12. The van der Waals surface area contributed by atoms with E-state index in [2.05, 4.69) is 24.5 Å². The molecule has 0 radical (unpaired) electrons. The van der Waals surface area contributed by atoms with Gasteiger partial charge in [0.25, 0.3) is 0 Å². The standard InChI is InChI=1S/C15H30N2O3/c1-12(2)10-16-8-9-19-11-15(6-7-15)17-13(18)20-14(3,4)5/h12,16H,6-11H2,1-5H3,(H,17,18). The minimum absolute atomic E-state index is 0.194. The minimum Gasteiger partial charge on any atom is -0.444 e. The maximum atomic E-state index is 11.7. The van der Waals surface area contributed by atoms with Gasteiger partial charge >= 0.3 is 6.09 Å². The van der Waals surface area contributed by atoms with Crippen LogP contribution in [0.25, 0.3) is 0 Å². The highest BCUT2D eigenvalue weighted by molar-refractivity contribution is 5.69. The van der Waals surface area contributed by atoms with Gasteiger partial charge in [0.2, 0.25) is 0 Å². The molecule has 0 aliphatic heterocycles. The van der Waals surface area contributed by atoms with Crippen LogP contribution >= 0.6 is 0 Å². The van der Waals surface area contributed by atoms with E-state index in [1.54, 1.807) is 0 Å². The molecule has 0 heterocycles. The van der Waals surface area contributed by atoms with Crippen molar-refractivity contribution in [1.82, 2.24) is 10.6 Å². The van der Waals surface area contributed by atoms with Gasteiger partial charge in [0.15, 0.2) is 0 Å². The van der Waals surface area contributed by atoms with Gasteiger partial charge < -0.3 is 20.1 Å². The molecule has 1 amide bonds. The highest BCUT2D eigenvalue weighted by Gasteiger charge is 2.45. The van der Waals surface area contributed by atoms with Crippen molar-refractivity contribution >= 4 is 6.09 Å². The van der Waals surface area contributed by atoms with Gasteiger partial charge in [0.1, 0.15) is 5.60 Å². The number of rotatable bonds is 8. The summed E-state index contributed by atoms with van der Waals surface area (Å²) in [4.78, 5) is 11.7. The van der Waals surface area contributed by atoms with Crippen LogP contribution in [0.5, 0.6) is 0 Å². The molecular weight excluding hydrogens is 256 g/mol. The van der Waals surface area contributed by atoms with E-state index in [4.69, 9.17) is 9.47 Å². The lowest BCUT2D eigenvalue weighted by Crippen LogP contribution is -2.43. The molecule has 0 saturated heterocycles. The normalized spacial score (nSPS) is 17.1. The summed E-state index contributed by atoms with van der Waals surface area (Å²) in [7, 11) is 0. The van der Waals surface area contributed by atoms with Crippen LogP contribution in [-0.4, -0.2) is 43.5 Å². The van der Waals surface area contributed by atoms with Gasteiger partial charge in [-0.3, -0.25) is 0 Å². The van der Waals surface area contributed by atoms with Crippen molar-refractivity contribution in [3.8, 4) is 0 Å². The van der Waals surface area contributed by atoms with Crippen molar-refractivity contribution in [3.05, 3.63) is 0 Å². The lowest BCUT2D eigenvalue weighted by molar-refractivity contribution is 0.0423. The number of hydrogen-bond acceptors (Lipinski definition) is 4. The van der Waals surface area contributed by atoms with Crippen molar-refractivity contribution in [1.29, 1.82) is 0 Å². The number of amides is 1. The second-order valence-corrected chi connectivity index (χ2v) is 7.06. The second-order valence-electron chi connectivity index (χ2n) is 7.06. The van der Waals surface area contributed by atoms with Crippen LogP contribution in [0.15, 0.2) is 0 Å². The largest absolute Gasteiger partial charge is 0.444 e. The van der Waals surface area contributed by atoms with E-state index in [1.165, 1.54) is 0 Å². The second kappa shape index (κ2) is 7.27. The van der Waals surface area contributed by atoms with Gasteiger partial charge in [-0.1, -0.05) is 13.8 Å². The molecule has 118 valence electrons. The summed E-state index contributed by atoms with van der Waals surface area (Å²) < 4.78 is 10.9. The quantitative estimate of drug-likeness (QED) is 0.672. The first kappa shape index (κ1) is 17.2. The first-order chi connectivity index (χ1) is 9.22. The Morgan fingerprint density at radius 2 is 1.95 bits per heavy atom. The molecular formula is C15H30N2O3. The van der Waals surface area contributed by atoms with Gasteiger partial charge in [-0.25, -0.2) is 4.79 Å². The Labute approximate surface area is 122 Å². The van der Waals surface area contributed by atoms with Gasteiger partial charge in [-0.2, -0.15) is 0 Å². The van der Waals surface area contributed by atoms with Crippen molar-refractivity contribution in [2.75, 3.05) is 26.3 Å². The summed E-state index contributed by atoms with van der Waals surface area (Å²) in [5.41, 5.74) is -0.651. The monoisotopic (exact) mass is 286 g/mol. The fourth-order valence-corrected chi connectivity index (χ4v) is 1.78. The van der Waals surface area contributed by atoms with E-state index in [9.17, 15) is 4.79 Å². The van der Waals surface area contributed by atoms with E-state index in [0.29, 0.717) is 19.1 Å². The molecule has 1 aliphatic carbocycles. The van der Waals surface area contributed by atoms with E-state index >= 15 is 0 Å². The van der Waals surface area contributed by atoms with Crippen LogP contribution in [0, 0.1) is 5.92 Å². The third-order valence-corrected chi connectivity index (χ3v) is 2.97. The third-order valence-electron chi connectivity index (χ3n) is 2.97. The fraction of sp³-hybridized carbons (Fsp3) is 0.933. The zero-order chi connectivity index (χ0) is 15.2. The molecule has 0 unspecified atom stereocenters. The first-order valence-corrected chi connectivity index (χ1v) is 7.52. The highest BCUT2D eigenvalue weighted by atomic mass is 16.6. The number of hydrogen-bond donors (Lipinski definition) is 2. The number of carbonyl (C=O) groups is 1. The first-order valence-electron chi connectivity index (χ1n) is 7.52. The van der Waals surface area contributed by atoms with Gasteiger partial charge in [-0.05, 0) is 46.1 Å². The summed E-state index contributed by atoms with van der Waals surface area (Å²) in [5, 5.41) is 6.25. The summed E-state index contributed by atoms with van der Waals surface area (Å²) in [6.45, 7) is 13.0. The van der Waals surface area contributed by atoms with Gasteiger partial charge in [-0.15, -0.1) is 0 Å². The van der Waals surface area contributed by atoms with Crippen LogP contribution in [0.1, 0.15) is 47.5 Å². The molecule has 1 fully saturated rings. The highest BCUT2D eigenvalue weighted by Crippen LogP contribution is 2.35. The fourth-order valence-electron chi connectivity index (χ4n) is 1.78. The molecule has 1 saturated carbocycles. The summed E-state index contributed by atoms with van der Waals surface area (Å²) in [5.74, 6) is 0.651. The Kier molecular flexibility index (Phi) is 6.27. The van der Waals surface area contributed by atoms with E-state index in [1.807, 2.05) is 20.8 Å². The van der Waals surface area contributed by atoms with Crippen LogP contribution in [0.4, 0.5) is 4.79 Å². The predicted octanol–water partition coefficient (Wildman–Crippen LogP) is 2.31. The number of nitrogens with one attached hydrogen (secondary N) is 2. The van der Waals surface area contributed by atoms with Crippen LogP contribution in [-0.2, 0) is 9.47 Å². The van der Waals surface area contributed by atoms with E-state index < -0.39 is 5.60 Å². The Hall–Kier alpha value is -0.810.